The summed E-state index contributed by atoms with van der Waals surface area (Å²) in [5.74, 6) is -0.243. The molecule has 2 amide bonds. The van der Waals surface area contributed by atoms with Crippen molar-refractivity contribution in [1.82, 2.24) is 15.2 Å². The van der Waals surface area contributed by atoms with E-state index >= 15 is 0 Å². The van der Waals surface area contributed by atoms with Crippen LogP contribution in [-0.2, 0) is 4.79 Å². The molecular weight excluding hydrogens is 314 g/mol. The number of fused-ring (bicyclic) bond motifs is 1. The van der Waals surface area contributed by atoms with Gasteiger partial charge in [-0.3, -0.25) is 14.6 Å². The summed E-state index contributed by atoms with van der Waals surface area (Å²) in [6, 6.07) is 8.96. The topological polar surface area (TPSA) is 62.3 Å². The number of rotatable bonds is 3. The van der Waals surface area contributed by atoms with Crippen molar-refractivity contribution >= 4 is 22.7 Å². The second-order valence-corrected chi connectivity index (χ2v) is 7.44. The van der Waals surface area contributed by atoms with Gasteiger partial charge in [-0.1, -0.05) is 18.2 Å². The zero-order chi connectivity index (χ0) is 17.4. The fraction of sp³-hybridized carbons (Fsp3) is 0.450. The zero-order valence-electron chi connectivity index (χ0n) is 14.5. The molecule has 25 heavy (non-hydrogen) atoms. The van der Waals surface area contributed by atoms with Crippen molar-refractivity contribution in [2.75, 3.05) is 13.1 Å². The van der Waals surface area contributed by atoms with Gasteiger partial charge < -0.3 is 10.2 Å². The summed E-state index contributed by atoms with van der Waals surface area (Å²) in [7, 11) is 0. The molecule has 2 fully saturated rings. The SMILES string of the molecule is C[C@H](NC(=O)c1cnc2ccccc2c1)C(=O)N1CCC2(CC1)CC2. The molecule has 1 aliphatic carbocycles. The van der Waals surface area contributed by atoms with E-state index in [1.165, 1.54) is 12.8 Å². The number of carbonyl (C=O) groups excluding carboxylic acids is 2. The normalized spacial score (nSPS) is 19.6. The van der Waals surface area contributed by atoms with Crippen LogP contribution in [-0.4, -0.2) is 40.8 Å². The van der Waals surface area contributed by atoms with Gasteiger partial charge in [-0.2, -0.15) is 0 Å². The first-order valence-electron chi connectivity index (χ1n) is 9.01. The number of aromatic nitrogens is 1. The van der Waals surface area contributed by atoms with Crippen LogP contribution < -0.4 is 5.32 Å². The van der Waals surface area contributed by atoms with E-state index in [1.807, 2.05) is 35.2 Å². The molecule has 1 saturated heterocycles. The summed E-state index contributed by atoms with van der Waals surface area (Å²) >= 11 is 0. The van der Waals surface area contributed by atoms with E-state index in [2.05, 4.69) is 10.3 Å². The van der Waals surface area contributed by atoms with Gasteiger partial charge in [0.25, 0.3) is 5.91 Å². The lowest BCUT2D eigenvalue weighted by Gasteiger charge is -2.33. The monoisotopic (exact) mass is 337 g/mol. The van der Waals surface area contributed by atoms with Crippen molar-refractivity contribution in [2.24, 2.45) is 5.41 Å². The number of hydrogen-bond acceptors (Lipinski definition) is 3. The van der Waals surface area contributed by atoms with Crippen molar-refractivity contribution < 1.29 is 9.59 Å². The molecule has 1 aliphatic heterocycles. The van der Waals surface area contributed by atoms with Crippen LogP contribution in [0.25, 0.3) is 10.9 Å². The molecule has 1 aromatic carbocycles. The molecule has 0 radical (unpaired) electrons. The van der Waals surface area contributed by atoms with Crippen molar-refractivity contribution in [2.45, 2.75) is 38.6 Å². The average Bonchev–Trinajstić information content (AvgIpc) is 3.40. The Morgan fingerprint density at radius 1 is 1.16 bits per heavy atom. The number of nitrogens with zero attached hydrogens (tertiary/aromatic N) is 2. The average molecular weight is 337 g/mol. The number of amides is 2. The first-order valence-corrected chi connectivity index (χ1v) is 9.01. The number of hydrogen-bond donors (Lipinski definition) is 1. The summed E-state index contributed by atoms with van der Waals surface area (Å²) < 4.78 is 0. The van der Waals surface area contributed by atoms with Gasteiger partial charge in [-0.25, -0.2) is 0 Å². The Hall–Kier alpha value is -2.43. The third-order valence-corrected chi connectivity index (χ3v) is 5.66. The van der Waals surface area contributed by atoms with E-state index in [0.717, 1.165) is 36.8 Å². The number of para-hydroxylation sites is 1. The number of piperidine rings is 1. The highest BCUT2D eigenvalue weighted by molar-refractivity contribution is 5.99. The molecular formula is C20H23N3O2. The van der Waals surface area contributed by atoms with Gasteiger partial charge in [-0.05, 0) is 50.2 Å². The van der Waals surface area contributed by atoms with Crippen molar-refractivity contribution in [1.29, 1.82) is 0 Å². The minimum Gasteiger partial charge on any atom is -0.341 e. The summed E-state index contributed by atoms with van der Waals surface area (Å²) in [5.41, 5.74) is 1.87. The second-order valence-electron chi connectivity index (χ2n) is 7.44. The Morgan fingerprint density at radius 2 is 1.88 bits per heavy atom. The summed E-state index contributed by atoms with van der Waals surface area (Å²) in [6.45, 7) is 3.39. The van der Waals surface area contributed by atoms with E-state index in [1.54, 1.807) is 13.1 Å². The van der Waals surface area contributed by atoms with Crippen LogP contribution in [0.4, 0.5) is 0 Å². The van der Waals surface area contributed by atoms with Crippen molar-refractivity contribution in [3.63, 3.8) is 0 Å². The van der Waals surface area contributed by atoms with E-state index in [0.29, 0.717) is 11.0 Å². The zero-order valence-corrected chi connectivity index (χ0v) is 14.5. The van der Waals surface area contributed by atoms with E-state index in [9.17, 15) is 9.59 Å². The van der Waals surface area contributed by atoms with Gasteiger partial charge in [0, 0.05) is 24.7 Å². The maximum absolute atomic E-state index is 12.6. The third-order valence-electron chi connectivity index (χ3n) is 5.66. The molecule has 4 rings (SSSR count). The number of pyridine rings is 1. The van der Waals surface area contributed by atoms with Crippen LogP contribution in [0.15, 0.2) is 36.5 Å². The Morgan fingerprint density at radius 3 is 2.60 bits per heavy atom. The molecule has 2 aromatic rings. The van der Waals surface area contributed by atoms with Crippen molar-refractivity contribution in [3.05, 3.63) is 42.1 Å². The molecule has 1 aromatic heterocycles. The van der Waals surface area contributed by atoms with Gasteiger partial charge in [0.15, 0.2) is 0 Å². The highest BCUT2D eigenvalue weighted by Crippen LogP contribution is 2.53. The molecule has 5 heteroatoms. The molecule has 1 N–H and O–H groups in total. The first kappa shape index (κ1) is 16.1. The van der Waals surface area contributed by atoms with Gasteiger partial charge in [-0.15, -0.1) is 0 Å². The highest BCUT2D eigenvalue weighted by Gasteiger charge is 2.45. The molecule has 1 spiro atoms. The smallest absolute Gasteiger partial charge is 0.253 e. The van der Waals surface area contributed by atoms with Crippen molar-refractivity contribution in [3.8, 4) is 0 Å². The maximum Gasteiger partial charge on any atom is 0.253 e. The molecule has 5 nitrogen and oxygen atoms in total. The molecule has 1 atom stereocenters. The van der Waals surface area contributed by atoms with Gasteiger partial charge in [0.05, 0.1) is 11.1 Å². The van der Waals surface area contributed by atoms with Crippen LogP contribution >= 0.6 is 0 Å². The predicted molar refractivity (Wildman–Crippen MR) is 96.2 cm³/mol. The van der Waals surface area contributed by atoms with Crippen LogP contribution in [0.3, 0.4) is 0 Å². The largest absolute Gasteiger partial charge is 0.341 e. The summed E-state index contributed by atoms with van der Waals surface area (Å²) in [5, 5.41) is 3.74. The fourth-order valence-corrected chi connectivity index (χ4v) is 3.69. The van der Waals surface area contributed by atoms with Crippen LogP contribution in [0.2, 0.25) is 0 Å². The number of carbonyl (C=O) groups is 2. The van der Waals surface area contributed by atoms with E-state index in [4.69, 9.17) is 0 Å². The van der Waals surface area contributed by atoms with Gasteiger partial charge >= 0.3 is 0 Å². The Balaban J connectivity index is 1.39. The molecule has 1 saturated carbocycles. The van der Waals surface area contributed by atoms with E-state index < -0.39 is 6.04 Å². The van der Waals surface area contributed by atoms with Crippen LogP contribution in [0.5, 0.6) is 0 Å². The molecule has 2 aliphatic rings. The minimum absolute atomic E-state index is 0.0117. The molecule has 130 valence electrons. The molecule has 0 bridgehead atoms. The quantitative estimate of drug-likeness (QED) is 0.937. The lowest BCUT2D eigenvalue weighted by Crippen LogP contribution is -2.49. The second kappa shape index (κ2) is 6.14. The predicted octanol–water partition coefficient (Wildman–Crippen LogP) is 2.76. The fourth-order valence-electron chi connectivity index (χ4n) is 3.69. The summed E-state index contributed by atoms with van der Waals surface area (Å²) in [6.07, 6.45) is 6.40. The standard InChI is InChI=1S/C20H23N3O2/c1-14(19(25)23-10-8-20(6-7-20)9-11-23)22-18(24)16-12-15-4-2-3-5-17(15)21-13-16/h2-5,12-14H,6-11H2,1H3,(H,22,24)/t14-/m0/s1. The van der Waals surface area contributed by atoms with Crippen LogP contribution in [0.1, 0.15) is 43.0 Å². The molecule has 0 unspecified atom stereocenters. The van der Waals surface area contributed by atoms with Gasteiger partial charge in [0.2, 0.25) is 5.91 Å². The minimum atomic E-state index is -0.521. The lowest BCUT2D eigenvalue weighted by molar-refractivity contribution is -0.134. The highest BCUT2D eigenvalue weighted by atomic mass is 16.2. The third kappa shape index (κ3) is 3.23. The van der Waals surface area contributed by atoms with Gasteiger partial charge in [0.1, 0.15) is 6.04 Å². The summed E-state index contributed by atoms with van der Waals surface area (Å²) in [4.78, 5) is 31.3. The Kier molecular flexibility index (Phi) is 3.94. The maximum atomic E-state index is 12.6. The van der Waals surface area contributed by atoms with E-state index in [-0.39, 0.29) is 11.8 Å². The van der Waals surface area contributed by atoms with Crippen LogP contribution in [0, 0.1) is 5.41 Å². The number of likely N-dealkylation sites (tertiary alicyclic amines) is 1. The number of benzene rings is 1. The Bertz CT molecular complexity index is 819. The molecule has 2 heterocycles. The number of nitrogens with one attached hydrogen (secondary N) is 1. The Labute approximate surface area is 147 Å². The lowest BCUT2D eigenvalue weighted by atomic mass is 9.93. The first-order chi connectivity index (χ1) is 12.1.